The number of aromatic nitrogens is 7. The van der Waals surface area contributed by atoms with Gasteiger partial charge in [-0.3, -0.25) is 19.1 Å². The molecule has 0 amide bonds. The molecule has 0 aromatic carbocycles. The summed E-state index contributed by atoms with van der Waals surface area (Å²) >= 11 is 0. The van der Waals surface area contributed by atoms with Crippen LogP contribution in [0.2, 0.25) is 0 Å². The molecule has 3 fully saturated rings. The highest BCUT2D eigenvalue weighted by Gasteiger charge is 2.49. The molecular weight excluding hydrogens is 526 g/mol. The van der Waals surface area contributed by atoms with Gasteiger partial charge in [0.25, 0.3) is 11.1 Å². The first-order chi connectivity index (χ1) is 17.9. The lowest BCUT2D eigenvalue weighted by atomic mass is 10.2. The molecule has 7 heterocycles. The molecule has 0 saturated carbocycles. The maximum atomic E-state index is 12.7. The SMILES string of the molecule is Nc1nc2c(ncn2[C@@H]2OC3C[C@H]2O[P+](=O)OC[C@H]2O[C@@H](n4ccc5c(=O)[nH]cnc54)CC2P3)c(=O)[nH]1. The van der Waals surface area contributed by atoms with Gasteiger partial charge < -0.3 is 24.8 Å². The van der Waals surface area contributed by atoms with E-state index in [1.54, 1.807) is 16.8 Å². The van der Waals surface area contributed by atoms with E-state index in [4.69, 9.17) is 24.3 Å². The first-order valence-electron chi connectivity index (χ1n) is 11.5. The Bertz CT molecular complexity index is 1650. The van der Waals surface area contributed by atoms with Gasteiger partial charge in [0.2, 0.25) is 5.95 Å². The molecule has 4 unspecified atom stereocenters. The van der Waals surface area contributed by atoms with E-state index in [9.17, 15) is 14.2 Å². The standard InChI is InChI=1S/C20H20N8O7P2/c21-20-25-16-14(18(30)26-20)24-7-28(16)19-9-3-13(34-19)36-11-4-12(33-10(11)5-32-37(31)35-9)27-2-1-8-15(27)22-6-23-17(8)29/h1-2,6-7,9-13,19,36H,3-5H2,(H3-,21,22,23,25,26,29,30)/p+1/t9-,10-,11?,12-,13?,19-/m1/s1. The number of nitrogens with two attached hydrogens (primary N) is 1. The zero-order valence-electron chi connectivity index (χ0n) is 19.0. The van der Waals surface area contributed by atoms with Gasteiger partial charge in [0.15, 0.2) is 23.5 Å². The first kappa shape index (κ1) is 23.1. The lowest BCUT2D eigenvalue weighted by Crippen LogP contribution is -2.25. The minimum Gasteiger partial charge on any atom is -0.369 e. The second kappa shape index (κ2) is 8.76. The minimum atomic E-state index is -2.47. The number of rotatable bonds is 2. The van der Waals surface area contributed by atoms with E-state index in [2.05, 4.69) is 24.9 Å². The van der Waals surface area contributed by atoms with Crippen LogP contribution in [0.3, 0.4) is 0 Å². The van der Waals surface area contributed by atoms with E-state index in [1.165, 1.54) is 12.7 Å². The third kappa shape index (κ3) is 3.90. The predicted molar refractivity (Wildman–Crippen MR) is 131 cm³/mol. The summed E-state index contributed by atoms with van der Waals surface area (Å²) in [6, 6.07) is 1.71. The summed E-state index contributed by atoms with van der Waals surface area (Å²) in [6.07, 6.45) is 3.63. The van der Waals surface area contributed by atoms with Gasteiger partial charge in [-0.25, -0.2) is 9.97 Å². The molecule has 4 aromatic heterocycles. The zero-order chi connectivity index (χ0) is 25.3. The number of aromatic amines is 2. The number of ether oxygens (including phenoxy) is 2. The highest BCUT2D eigenvalue weighted by molar-refractivity contribution is 7.39. The highest BCUT2D eigenvalue weighted by Crippen LogP contribution is 2.51. The number of nitrogen functional groups attached to an aromatic ring is 1. The number of H-pyrrole nitrogens is 2. The van der Waals surface area contributed by atoms with Crippen LogP contribution in [0.5, 0.6) is 0 Å². The van der Waals surface area contributed by atoms with Crippen molar-refractivity contribution in [2.45, 2.75) is 49.0 Å². The lowest BCUT2D eigenvalue weighted by Gasteiger charge is -2.20. The highest BCUT2D eigenvalue weighted by atomic mass is 31.1. The fourth-order valence-corrected chi connectivity index (χ4v) is 7.71. The summed E-state index contributed by atoms with van der Waals surface area (Å²) in [5.74, 6) is -0.267. The third-order valence-corrected chi connectivity index (χ3v) is 9.40. The van der Waals surface area contributed by atoms with Crippen molar-refractivity contribution in [1.29, 1.82) is 0 Å². The number of fused-ring (bicyclic) bond motifs is 5. The number of hydrogen-bond acceptors (Lipinski definition) is 11. The largest absolute Gasteiger partial charge is 0.697 e. The number of nitrogens with one attached hydrogen (secondary N) is 2. The van der Waals surface area contributed by atoms with Gasteiger partial charge in [-0.1, -0.05) is 8.58 Å². The topological polar surface area (TPSA) is 194 Å². The molecular formula is C20H21N8O7P2+. The molecule has 2 bridgehead atoms. The van der Waals surface area contributed by atoms with Crippen LogP contribution < -0.4 is 16.9 Å². The Labute approximate surface area is 209 Å². The lowest BCUT2D eigenvalue weighted by molar-refractivity contribution is -0.0220. The van der Waals surface area contributed by atoms with Crippen LogP contribution >= 0.6 is 16.8 Å². The maximum Gasteiger partial charge on any atom is 0.697 e. The molecule has 0 radical (unpaired) electrons. The van der Waals surface area contributed by atoms with Crippen LogP contribution in [0.1, 0.15) is 25.3 Å². The summed E-state index contributed by atoms with van der Waals surface area (Å²) in [4.78, 5) is 42.0. The van der Waals surface area contributed by atoms with Crippen LogP contribution in [-0.4, -0.2) is 64.4 Å². The van der Waals surface area contributed by atoms with Crippen molar-refractivity contribution < 1.29 is 23.1 Å². The van der Waals surface area contributed by atoms with Gasteiger partial charge in [0.1, 0.15) is 18.5 Å². The quantitative estimate of drug-likeness (QED) is 0.304. The molecule has 192 valence electrons. The Hall–Kier alpha value is -3.06. The number of anilines is 1. The number of imidazole rings is 1. The van der Waals surface area contributed by atoms with E-state index >= 15 is 0 Å². The molecule has 4 aromatic rings. The second-order valence-corrected chi connectivity index (χ2v) is 11.7. The Morgan fingerprint density at radius 3 is 2.89 bits per heavy atom. The predicted octanol–water partition coefficient (Wildman–Crippen LogP) is 1.09. The van der Waals surface area contributed by atoms with Crippen molar-refractivity contribution >= 4 is 45.0 Å². The summed E-state index contributed by atoms with van der Waals surface area (Å²) in [5, 5.41) is 0.477. The molecule has 37 heavy (non-hydrogen) atoms. The van der Waals surface area contributed by atoms with Crippen molar-refractivity contribution in [3.05, 3.63) is 45.6 Å². The summed E-state index contributed by atoms with van der Waals surface area (Å²) in [5.41, 5.74) is 6.00. The third-order valence-electron chi connectivity index (χ3n) is 6.82. The van der Waals surface area contributed by atoms with Gasteiger partial charge >= 0.3 is 8.25 Å². The first-order valence-corrected chi connectivity index (χ1v) is 13.8. The molecule has 17 heteroatoms. The maximum absolute atomic E-state index is 12.7. The summed E-state index contributed by atoms with van der Waals surface area (Å²) in [7, 11) is -2.16. The van der Waals surface area contributed by atoms with E-state index in [1.807, 2.05) is 4.57 Å². The van der Waals surface area contributed by atoms with Crippen LogP contribution in [0.15, 0.2) is 34.5 Å². The zero-order valence-corrected chi connectivity index (χ0v) is 20.9. The van der Waals surface area contributed by atoms with Crippen molar-refractivity contribution in [2.75, 3.05) is 12.3 Å². The molecule has 3 saturated heterocycles. The normalized spacial score (nSPS) is 31.8. The summed E-state index contributed by atoms with van der Waals surface area (Å²) in [6.45, 7) is 0.0855. The van der Waals surface area contributed by atoms with E-state index in [0.717, 1.165) is 0 Å². The van der Waals surface area contributed by atoms with Crippen molar-refractivity contribution in [1.82, 2.24) is 34.1 Å². The molecule has 8 atom stereocenters. The Morgan fingerprint density at radius 1 is 1.11 bits per heavy atom. The van der Waals surface area contributed by atoms with Crippen molar-refractivity contribution in [3.63, 3.8) is 0 Å². The van der Waals surface area contributed by atoms with E-state index in [0.29, 0.717) is 32.5 Å². The van der Waals surface area contributed by atoms with Crippen LogP contribution in [0.25, 0.3) is 22.2 Å². The van der Waals surface area contributed by atoms with Crippen molar-refractivity contribution in [2.24, 2.45) is 0 Å². The monoisotopic (exact) mass is 547 g/mol. The van der Waals surface area contributed by atoms with Crippen LogP contribution in [-0.2, 0) is 23.1 Å². The fraction of sp³-hybridized carbons (Fsp3) is 0.450. The Morgan fingerprint density at radius 2 is 2.00 bits per heavy atom. The van der Waals surface area contributed by atoms with Crippen LogP contribution in [0, 0.1) is 0 Å². The van der Waals surface area contributed by atoms with Gasteiger partial charge in [-0.05, 0) is 6.07 Å². The van der Waals surface area contributed by atoms with Crippen LogP contribution in [0.4, 0.5) is 5.95 Å². The van der Waals surface area contributed by atoms with Crippen molar-refractivity contribution in [3.8, 4) is 0 Å². The number of nitrogens with zero attached hydrogens (tertiary/aromatic N) is 5. The summed E-state index contributed by atoms with van der Waals surface area (Å²) < 4.78 is 40.1. The Kier molecular flexibility index (Phi) is 5.47. The molecule has 3 aliphatic rings. The van der Waals surface area contributed by atoms with Gasteiger partial charge in [-0.2, -0.15) is 4.98 Å². The average Bonchev–Trinajstić information content (AvgIpc) is 3.63. The smallest absolute Gasteiger partial charge is 0.369 e. The average molecular weight is 547 g/mol. The number of hydrogen-bond donors (Lipinski definition) is 3. The molecule has 4 N–H and O–H groups in total. The van der Waals surface area contributed by atoms with Gasteiger partial charge in [0, 0.05) is 29.3 Å². The Balaban J connectivity index is 1.18. The minimum absolute atomic E-state index is 0.0477. The van der Waals surface area contributed by atoms with Gasteiger partial charge in [-0.15, -0.1) is 9.05 Å². The molecule has 3 aliphatic heterocycles. The molecule has 0 spiro atoms. The molecule has 0 aliphatic carbocycles. The van der Waals surface area contributed by atoms with E-state index < -0.39 is 26.1 Å². The fourth-order valence-electron chi connectivity index (χ4n) is 5.18. The molecule has 15 nitrogen and oxygen atoms in total. The van der Waals surface area contributed by atoms with E-state index in [-0.39, 0.29) is 53.1 Å². The molecule has 7 rings (SSSR count). The van der Waals surface area contributed by atoms with Gasteiger partial charge in [0.05, 0.1) is 30.0 Å². The second-order valence-electron chi connectivity index (χ2n) is 9.02.